The summed E-state index contributed by atoms with van der Waals surface area (Å²) in [4.78, 5) is 39.7. The fraction of sp³-hybridized carbons (Fsp3) is 0.435. The van der Waals surface area contributed by atoms with Crippen LogP contribution in [0.3, 0.4) is 0 Å². The zero-order valence-electron chi connectivity index (χ0n) is 19.0. The maximum Gasteiger partial charge on any atom is 0.310 e. The van der Waals surface area contributed by atoms with Crippen LogP contribution >= 0.6 is 0 Å². The van der Waals surface area contributed by atoms with Gasteiger partial charge in [0.1, 0.15) is 23.6 Å². The molecule has 1 saturated heterocycles. The standard InChI is InChI=1S/C23H27N5O5/c1-4-33-23(31)17-6-5-11-26(13-17)21(29)14-27-22(30)20-12-19(25-28(20)15(2)24-27)16-7-9-18(32-3)10-8-16/h7-10,12,17H,4-6,11,13-14H2,1-3H3/t17-/m1/s1. The molecule has 3 heterocycles. The van der Waals surface area contributed by atoms with E-state index in [9.17, 15) is 14.4 Å². The quantitative estimate of drug-likeness (QED) is 0.523. The van der Waals surface area contributed by atoms with Gasteiger partial charge in [-0.25, -0.2) is 9.20 Å². The number of carbonyl (C=O) groups is 2. The number of piperidine rings is 1. The number of likely N-dealkylation sites (tertiary alicyclic amines) is 1. The molecule has 1 fully saturated rings. The van der Waals surface area contributed by atoms with Gasteiger partial charge in [0.15, 0.2) is 0 Å². The molecular weight excluding hydrogens is 426 g/mol. The number of carbonyl (C=O) groups excluding carboxylic acids is 2. The zero-order chi connectivity index (χ0) is 23.5. The summed E-state index contributed by atoms with van der Waals surface area (Å²) in [6.07, 6.45) is 1.40. The van der Waals surface area contributed by atoms with Crippen molar-refractivity contribution in [1.82, 2.24) is 24.3 Å². The number of esters is 1. The summed E-state index contributed by atoms with van der Waals surface area (Å²) < 4.78 is 12.9. The molecule has 0 N–H and O–H groups in total. The Kier molecular flexibility index (Phi) is 6.43. The maximum absolute atomic E-state index is 13.1. The van der Waals surface area contributed by atoms with Gasteiger partial charge in [0, 0.05) is 18.7 Å². The molecule has 33 heavy (non-hydrogen) atoms. The molecule has 0 spiro atoms. The minimum Gasteiger partial charge on any atom is -0.497 e. The summed E-state index contributed by atoms with van der Waals surface area (Å²) in [7, 11) is 1.60. The van der Waals surface area contributed by atoms with Gasteiger partial charge < -0.3 is 14.4 Å². The van der Waals surface area contributed by atoms with E-state index in [2.05, 4.69) is 10.2 Å². The fourth-order valence-corrected chi connectivity index (χ4v) is 4.07. The first-order valence-corrected chi connectivity index (χ1v) is 11.0. The van der Waals surface area contributed by atoms with E-state index in [1.54, 1.807) is 31.9 Å². The second kappa shape index (κ2) is 9.43. The molecule has 174 valence electrons. The van der Waals surface area contributed by atoms with Crippen molar-refractivity contribution in [1.29, 1.82) is 0 Å². The Labute approximate surface area is 190 Å². The summed E-state index contributed by atoms with van der Waals surface area (Å²) in [5.74, 6) is 0.341. The topological polar surface area (TPSA) is 108 Å². The molecule has 0 radical (unpaired) electrons. The van der Waals surface area contributed by atoms with E-state index in [1.165, 1.54) is 9.20 Å². The minimum absolute atomic E-state index is 0.200. The number of aromatic nitrogens is 4. The average molecular weight is 453 g/mol. The van der Waals surface area contributed by atoms with E-state index in [-0.39, 0.29) is 24.3 Å². The van der Waals surface area contributed by atoms with Crippen LogP contribution < -0.4 is 10.3 Å². The first-order chi connectivity index (χ1) is 15.9. The lowest BCUT2D eigenvalue weighted by Crippen LogP contribution is -2.45. The van der Waals surface area contributed by atoms with E-state index in [4.69, 9.17) is 9.47 Å². The maximum atomic E-state index is 13.1. The van der Waals surface area contributed by atoms with Crippen LogP contribution in [0.2, 0.25) is 0 Å². The van der Waals surface area contributed by atoms with Crippen molar-refractivity contribution in [2.45, 2.75) is 33.2 Å². The molecule has 2 aromatic heterocycles. The van der Waals surface area contributed by atoms with Crippen LogP contribution in [-0.4, -0.2) is 63.0 Å². The van der Waals surface area contributed by atoms with Crippen molar-refractivity contribution >= 4 is 17.4 Å². The Morgan fingerprint density at radius 1 is 1.18 bits per heavy atom. The molecule has 10 nitrogen and oxygen atoms in total. The molecular formula is C23H27N5O5. The molecule has 1 aliphatic heterocycles. The number of hydrogen-bond acceptors (Lipinski definition) is 7. The van der Waals surface area contributed by atoms with E-state index < -0.39 is 5.56 Å². The molecule has 0 aliphatic carbocycles. The van der Waals surface area contributed by atoms with Gasteiger partial charge in [-0.3, -0.25) is 14.4 Å². The summed E-state index contributed by atoms with van der Waals surface area (Å²) in [6.45, 7) is 4.44. The number of nitrogens with zero attached hydrogens (tertiary/aromatic N) is 5. The van der Waals surface area contributed by atoms with Gasteiger partial charge >= 0.3 is 5.97 Å². The Morgan fingerprint density at radius 3 is 2.64 bits per heavy atom. The first kappa shape index (κ1) is 22.5. The fourth-order valence-electron chi connectivity index (χ4n) is 4.07. The second-order valence-corrected chi connectivity index (χ2v) is 8.00. The van der Waals surface area contributed by atoms with Crippen LogP contribution in [0.15, 0.2) is 35.1 Å². The third-order valence-electron chi connectivity index (χ3n) is 5.80. The molecule has 3 aromatic rings. The molecule has 10 heteroatoms. The van der Waals surface area contributed by atoms with E-state index >= 15 is 0 Å². The number of rotatable bonds is 6. The molecule has 1 amide bonds. The van der Waals surface area contributed by atoms with Crippen molar-refractivity contribution in [3.8, 4) is 17.0 Å². The van der Waals surface area contributed by atoms with Gasteiger partial charge in [-0.1, -0.05) is 0 Å². The number of aryl methyl sites for hydroxylation is 1. The van der Waals surface area contributed by atoms with Crippen LogP contribution in [-0.2, 0) is 20.9 Å². The van der Waals surface area contributed by atoms with Crippen molar-refractivity contribution in [3.63, 3.8) is 0 Å². The van der Waals surface area contributed by atoms with Gasteiger partial charge in [-0.2, -0.15) is 10.2 Å². The number of amides is 1. The number of ether oxygens (including phenoxy) is 2. The van der Waals surface area contributed by atoms with Crippen molar-refractivity contribution < 1.29 is 19.1 Å². The van der Waals surface area contributed by atoms with E-state index in [1.807, 2.05) is 24.3 Å². The van der Waals surface area contributed by atoms with Gasteiger partial charge in [-0.05, 0) is 57.0 Å². The molecule has 1 aromatic carbocycles. The van der Waals surface area contributed by atoms with Gasteiger partial charge in [-0.15, -0.1) is 0 Å². The predicted molar refractivity (Wildman–Crippen MR) is 120 cm³/mol. The largest absolute Gasteiger partial charge is 0.497 e. The normalized spacial score (nSPS) is 16.1. The number of hydrogen-bond donors (Lipinski definition) is 0. The predicted octanol–water partition coefficient (Wildman–Crippen LogP) is 1.68. The monoisotopic (exact) mass is 453 g/mol. The molecule has 0 saturated carbocycles. The number of methoxy groups -OCH3 is 1. The molecule has 0 bridgehead atoms. The Hall–Kier alpha value is -3.69. The van der Waals surface area contributed by atoms with Crippen molar-refractivity contribution in [3.05, 3.63) is 46.5 Å². The Bertz CT molecular complexity index is 1230. The highest BCUT2D eigenvalue weighted by atomic mass is 16.5. The third kappa shape index (κ3) is 4.59. The number of fused-ring (bicyclic) bond motifs is 1. The highest BCUT2D eigenvalue weighted by molar-refractivity contribution is 5.78. The molecule has 0 unspecified atom stereocenters. The third-order valence-corrected chi connectivity index (χ3v) is 5.80. The molecule has 4 rings (SSSR count). The van der Waals surface area contributed by atoms with E-state index in [0.717, 1.165) is 11.3 Å². The minimum atomic E-state index is -0.403. The lowest BCUT2D eigenvalue weighted by molar-refractivity contribution is -0.151. The van der Waals surface area contributed by atoms with Crippen LogP contribution in [0, 0.1) is 12.8 Å². The van der Waals surface area contributed by atoms with Crippen LogP contribution in [0.4, 0.5) is 0 Å². The molecule has 1 aliphatic rings. The second-order valence-electron chi connectivity index (χ2n) is 8.00. The SMILES string of the molecule is CCOC(=O)[C@@H]1CCCN(C(=O)Cn2nc(C)n3nc(-c4ccc(OC)cc4)cc3c2=O)C1. The van der Waals surface area contributed by atoms with Crippen LogP contribution in [0.1, 0.15) is 25.6 Å². The van der Waals surface area contributed by atoms with Gasteiger partial charge in [0.2, 0.25) is 5.91 Å². The highest BCUT2D eigenvalue weighted by Crippen LogP contribution is 2.22. The first-order valence-electron chi connectivity index (χ1n) is 11.0. The van der Waals surface area contributed by atoms with Crippen molar-refractivity contribution in [2.24, 2.45) is 5.92 Å². The Morgan fingerprint density at radius 2 is 1.94 bits per heavy atom. The van der Waals surface area contributed by atoms with Gasteiger partial charge in [0.25, 0.3) is 5.56 Å². The summed E-state index contributed by atoms with van der Waals surface area (Å²) in [5.41, 5.74) is 1.39. The smallest absolute Gasteiger partial charge is 0.310 e. The zero-order valence-corrected chi connectivity index (χ0v) is 19.0. The van der Waals surface area contributed by atoms with E-state index in [0.29, 0.717) is 49.6 Å². The lowest BCUT2D eigenvalue weighted by Gasteiger charge is -2.31. The highest BCUT2D eigenvalue weighted by Gasteiger charge is 2.29. The average Bonchev–Trinajstić information content (AvgIpc) is 3.29. The summed E-state index contributed by atoms with van der Waals surface area (Å²) >= 11 is 0. The Balaban J connectivity index is 1.57. The van der Waals surface area contributed by atoms with Gasteiger partial charge in [0.05, 0.1) is 25.3 Å². The van der Waals surface area contributed by atoms with Crippen LogP contribution in [0.25, 0.3) is 16.8 Å². The summed E-state index contributed by atoms with van der Waals surface area (Å²) in [5, 5.41) is 8.81. The van der Waals surface area contributed by atoms with Crippen LogP contribution in [0.5, 0.6) is 5.75 Å². The summed E-state index contributed by atoms with van der Waals surface area (Å²) in [6, 6.07) is 9.06. The number of benzene rings is 1. The van der Waals surface area contributed by atoms with Crippen molar-refractivity contribution in [2.75, 3.05) is 26.8 Å². The molecule has 1 atom stereocenters. The lowest BCUT2D eigenvalue weighted by atomic mass is 9.98.